The number of rotatable bonds is 0. The van der Waals surface area contributed by atoms with Gasteiger partial charge in [-0.2, -0.15) is 0 Å². The van der Waals surface area contributed by atoms with Gasteiger partial charge in [0.1, 0.15) is 0 Å². The molecule has 0 rings (SSSR count). The molecule has 0 spiro atoms. The van der Waals surface area contributed by atoms with Crippen LogP contribution in [-0.2, 0) is 25.8 Å². The largest absolute Gasteiger partial charge is 4.00 e. The molecule has 0 aromatic carbocycles. The van der Waals surface area contributed by atoms with Gasteiger partial charge in [-0.25, -0.2) is 0 Å². The minimum atomic E-state index is 0. The van der Waals surface area contributed by atoms with Crippen molar-refractivity contribution in [2.24, 2.45) is 0 Å². The maximum absolute atomic E-state index is 0. The van der Waals surface area contributed by atoms with E-state index in [0.29, 0.717) is 0 Å². The number of hydrogen-bond donors (Lipinski definition) is 0. The second-order valence-corrected chi connectivity index (χ2v) is 0. The molecule has 0 heterocycles. The quantitative estimate of drug-likeness (QED) is 0.523. The average Bonchev–Trinajstić information content (AvgIpc) is 0. The van der Waals surface area contributed by atoms with Gasteiger partial charge in [0.05, 0.1) is 0 Å². The van der Waals surface area contributed by atoms with E-state index in [1.807, 2.05) is 0 Å². The van der Waals surface area contributed by atoms with Gasteiger partial charge in [-0.1, -0.05) is 0 Å². The summed E-state index contributed by atoms with van der Waals surface area (Å²) in [7, 11) is 0. The Morgan fingerprint density at radius 2 is 0.500 bits per heavy atom. The Bertz CT molecular complexity index is 3.25. The molecular weight excluding hydrogens is 226 g/mol. The predicted molar refractivity (Wildman–Crippen MR) is 5.81 cm³/mol. The molecule has 0 unspecified atom stereocenters. The van der Waals surface area contributed by atoms with E-state index in [1.54, 1.807) is 0 Å². The van der Waals surface area contributed by atoms with Crippen molar-refractivity contribution in [2.75, 3.05) is 0 Å². The van der Waals surface area contributed by atoms with Crippen molar-refractivity contribution in [3.63, 3.8) is 0 Å². The van der Waals surface area contributed by atoms with E-state index in [1.165, 1.54) is 0 Å². The van der Waals surface area contributed by atoms with Crippen LogP contribution < -0.4 is 0 Å². The fourth-order valence-electron chi connectivity index (χ4n) is 0. The first kappa shape index (κ1) is 119. The molecule has 0 fully saturated rings. The molecule has 0 saturated carbocycles. The van der Waals surface area contributed by atoms with Crippen LogP contribution in [0.3, 0.4) is 0 Å². The molecule has 4 heavy (non-hydrogen) atoms. The van der Waals surface area contributed by atoms with Crippen LogP contribution in [0.15, 0.2) is 0 Å². The third kappa shape index (κ3) is 15.0. The molecule has 0 aliphatic carbocycles. The van der Waals surface area contributed by atoms with Gasteiger partial charge >= 0.3 is 25.8 Å². The van der Waals surface area contributed by atoms with E-state index < -0.39 is 0 Å². The Morgan fingerprint density at radius 3 is 0.500 bits per heavy atom. The molecule has 0 aromatic heterocycles. The Labute approximate surface area is 42.7 Å². The van der Waals surface area contributed by atoms with Gasteiger partial charge in [0.2, 0.25) is 0 Å². The summed E-state index contributed by atoms with van der Waals surface area (Å²) < 4.78 is 0. The van der Waals surface area contributed by atoms with Crippen LogP contribution >= 0.6 is 0 Å². The molecule has 0 saturated heterocycles. The van der Waals surface area contributed by atoms with Crippen LogP contribution in [0.4, 0.5) is 0 Å². The van der Waals surface area contributed by atoms with Gasteiger partial charge < -0.3 is 16.4 Å². The molecule has 0 aromatic rings. The summed E-state index contributed by atoms with van der Waals surface area (Å²) in [4.78, 5) is 0. The van der Waals surface area contributed by atoms with Crippen LogP contribution in [-0.4, -0.2) is 16.4 Å². The van der Waals surface area contributed by atoms with Crippen molar-refractivity contribution in [1.82, 2.24) is 0 Å². The Morgan fingerprint density at radius 1 is 0.500 bits per heavy atom. The summed E-state index contributed by atoms with van der Waals surface area (Å²) in [5, 5.41) is 0. The fraction of sp³-hybridized carbons (Fsp3) is 0. The topological polar surface area (TPSA) is 90.0 Å². The SMILES string of the molecule is [Hf+4].[OH-].[OH-].[OH-]. The second-order valence-electron chi connectivity index (χ2n) is 0. The second kappa shape index (κ2) is 50.4. The van der Waals surface area contributed by atoms with E-state index in [9.17, 15) is 0 Å². The van der Waals surface area contributed by atoms with Crippen molar-refractivity contribution in [3.8, 4) is 0 Å². The maximum Gasteiger partial charge on any atom is 4.00 e. The predicted octanol–water partition coefficient (Wildman–Crippen LogP) is -0.533. The van der Waals surface area contributed by atoms with Crippen LogP contribution in [0.1, 0.15) is 0 Å². The van der Waals surface area contributed by atoms with Crippen molar-refractivity contribution >= 4 is 0 Å². The zero-order valence-corrected chi connectivity index (χ0v) is 5.43. The summed E-state index contributed by atoms with van der Waals surface area (Å²) in [5.74, 6) is 0. The first-order valence-electron chi connectivity index (χ1n) is 0. The zero-order valence-electron chi connectivity index (χ0n) is 1.84. The maximum atomic E-state index is 0. The van der Waals surface area contributed by atoms with E-state index in [-0.39, 0.29) is 42.3 Å². The van der Waals surface area contributed by atoms with Crippen LogP contribution in [0.2, 0.25) is 0 Å². The first-order valence-corrected chi connectivity index (χ1v) is 0. The fourth-order valence-corrected chi connectivity index (χ4v) is 0. The van der Waals surface area contributed by atoms with Crippen molar-refractivity contribution in [1.29, 1.82) is 0 Å². The van der Waals surface area contributed by atoms with Gasteiger partial charge in [-0.3, -0.25) is 0 Å². The zero-order chi connectivity index (χ0) is 0. The van der Waals surface area contributed by atoms with Crippen molar-refractivity contribution in [2.45, 2.75) is 0 Å². The molecule has 4 heteroatoms. The molecule has 0 radical (unpaired) electrons. The van der Waals surface area contributed by atoms with Gasteiger partial charge in [-0.05, 0) is 0 Å². The Hall–Kier alpha value is 0.750. The third-order valence-corrected chi connectivity index (χ3v) is 0. The van der Waals surface area contributed by atoms with Crippen LogP contribution in [0.5, 0.6) is 0 Å². The van der Waals surface area contributed by atoms with Gasteiger partial charge in [-0.15, -0.1) is 0 Å². The molecule has 3 nitrogen and oxygen atoms in total. The normalized spacial score (nSPS) is 0. The Balaban J connectivity index is 0. The molecular formula is H3HfO3+. The van der Waals surface area contributed by atoms with Crippen molar-refractivity contribution < 1.29 is 42.3 Å². The summed E-state index contributed by atoms with van der Waals surface area (Å²) in [5.41, 5.74) is 0. The molecule has 3 N–H and O–H groups in total. The van der Waals surface area contributed by atoms with E-state index in [4.69, 9.17) is 0 Å². The molecule has 0 aliphatic rings. The molecule has 0 amide bonds. The van der Waals surface area contributed by atoms with Gasteiger partial charge in [0, 0.05) is 0 Å². The Kier molecular flexibility index (Phi) is 1500. The standard InChI is InChI=1S/Hf.3H2O/h;3*1H2/q+4;;;/p-3. The molecule has 0 aliphatic heterocycles. The minimum absolute atomic E-state index is 0. The van der Waals surface area contributed by atoms with Crippen LogP contribution in [0, 0.1) is 0 Å². The first-order chi connectivity index (χ1) is 0. The van der Waals surface area contributed by atoms with E-state index >= 15 is 0 Å². The molecule has 0 atom stereocenters. The van der Waals surface area contributed by atoms with Crippen LogP contribution in [0.25, 0.3) is 0 Å². The summed E-state index contributed by atoms with van der Waals surface area (Å²) in [6.07, 6.45) is 0. The molecule has 0 bridgehead atoms. The summed E-state index contributed by atoms with van der Waals surface area (Å²) >= 11 is 0. The van der Waals surface area contributed by atoms with Crippen molar-refractivity contribution in [3.05, 3.63) is 0 Å². The summed E-state index contributed by atoms with van der Waals surface area (Å²) in [6, 6.07) is 0. The summed E-state index contributed by atoms with van der Waals surface area (Å²) in [6.45, 7) is 0. The van der Waals surface area contributed by atoms with E-state index in [0.717, 1.165) is 0 Å². The average molecular weight is 230 g/mol. The molecule has 24 valence electrons. The smallest absolute Gasteiger partial charge is 0.870 e. The third-order valence-electron chi connectivity index (χ3n) is 0. The van der Waals surface area contributed by atoms with E-state index in [2.05, 4.69) is 0 Å². The van der Waals surface area contributed by atoms with Gasteiger partial charge in [0.15, 0.2) is 0 Å². The monoisotopic (exact) mass is 231 g/mol. The number of hydrogen-bond acceptors (Lipinski definition) is 3. The van der Waals surface area contributed by atoms with Gasteiger partial charge in [0.25, 0.3) is 0 Å². The minimum Gasteiger partial charge on any atom is -0.870 e.